The maximum atomic E-state index is 6.13. The van der Waals surface area contributed by atoms with Crippen LogP contribution < -0.4 is 5.73 Å². The predicted octanol–water partition coefficient (Wildman–Crippen LogP) is 2.65. The standard InChI is InChI=1S/C11H17NO/c1-5-6-11(4,12)10-7-8(2)13-9(10)3/h5,7H,1,6,12H2,2-4H3. The van der Waals surface area contributed by atoms with Crippen molar-refractivity contribution in [2.24, 2.45) is 5.73 Å². The fraction of sp³-hybridized carbons (Fsp3) is 0.455. The lowest BCUT2D eigenvalue weighted by atomic mass is 9.90. The van der Waals surface area contributed by atoms with Crippen molar-refractivity contribution in [3.05, 3.63) is 35.8 Å². The first-order chi connectivity index (χ1) is 5.97. The van der Waals surface area contributed by atoms with E-state index in [1.54, 1.807) is 0 Å². The summed E-state index contributed by atoms with van der Waals surface area (Å²) in [6, 6.07) is 2.00. The van der Waals surface area contributed by atoms with Gasteiger partial charge in [-0.25, -0.2) is 0 Å². The molecule has 0 radical (unpaired) electrons. The Morgan fingerprint density at radius 1 is 1.62 bits per heavy atom. The Balaban J connectivity index is 3.05. The molecule has 0 saturated carbocycles. The number of hydrogen-bond donors (Lipinski definition) is 1. The van der Waals surface area contributed by atoms with E-state index in [-0.39, 0.29) is 5.54 Å². The summed E-state index contributed by atoms with van der Waals surface area (Å²) >= 11 is 0. The van der Waals surface area contributed by atoms with Crippen molar-refractivity contribution in [3.8, 4) is 0 Å². The maximum Gasteiger partial charge on any atom is 0.106 e. The Labute approximate surface area is 79.4 Å². The fourth-order valence-corrected chi connectivity index (χ4v) is 1.61. The lowest BCUT2D eigenvalue weighted by Gasteiger charge is -2.22. The second-order valence-electron chi connectivity index (χ2n) is 3.74. The highest BCUT2D eigenvalue weighted by Crippen LogP contribution is 2.27. The molecule has 72 valence electrons. The molecule has 1 aromatic heterocycles. The van der Waals surface area contributed by atoms with Crippen LogP contribution in [0.5, 0.6) is 0 Å². The molecule has 2 N–H and O–H groups in total. The van der Waals surface area contributed by atoms with Crippen molar-refractivity contribution in [2.45, 2.75) is 32.7 Å². The predicted molar refractivity (Wildman–Crippen MR) is 54.5 cm³/mol. The zero-order chi connectivity index (χ0) is 10.1. The van der Waals surface area contributed by atoms with Gasteiger partial charge in [-0.15, -0.1) is 6.58 Å². The molecular formula is C11H17NO. The van der Waals surface area contributed by atoms with Crippen molar-refractivity contribution >= 4 is 0 Å². The molecule has 0 aromatic carbocycles. The smallest absolute Gasteiger partial charge is 0.106 e. The molecule has 1 heterocycles. The molecule has 0 aliphatic carbocycles. The van der Waals surface area contributed by atoms with E-state index in [2.05, 4.69) is 6.58 Å². The van der Waals surface area contributed by atoms with Crippen molar-refractivity contribution in [3.63, 3.8) is 0 Å². The van der Waals surface area contributed by atoms with Crippen LogP contribution in [0.2, 0.25) is 0 Å². The van der Waals surface area contributed by atoms with E-state index in [1.807, 2.05) is 32.9 Å². The molecule has 2 nitrogen and oxygen atoms in total. The van der Waals surface area contributed by atoms with Gasteiger partial charge in [0.25, 0.3) is 0 Å². The third-order valence-electron chi connectivity index (χ3n) is 2.22. The van der Waals surface area contributed by atoms with Crippen molar-refractivity contribution < 1.29 is 4.42 Å². The lowest BCUT2D eigenvalue weighted by molar-refractivity contribution is 0.462. The second kappa shape index (κ2) is 3.38. The summed E-state index contributed by atoms with van der Waals surface area (Å²) in [6.45, 7) is 9.56. The molecule has 0 saturated heterocycles. The Morgan fingerprint density at radius 3 is 2.62 bits per heavy atom. The minimum absolute atomic E-state index is 0.358. The average Bonchev–Trinajstić information content (AvgIpc) is 2.30. The Kier molecular flexibility index (Phi) is 2.62. The van der Waals surface area contributed by atoms with Gasteiger partial charge in [-0.1, -0.05) is 6.08 Å². The molecule has 2 heteroatoms. The molecule has 0 bridgehead atoms. The molecule has 1 aromatic rings. The number of rotatable bonds is 3. The zero-order valence-electron chi connectivity index (χ0n) is 8.55. The SMILES string of the molecule is C=CCC(C)(N)c1cc(C)oc1C. The summed E-state index contributed by atoms with van der Waals surface area (Å²) in [6.07, 6.45) is 2.59. The number of nitrogens with two attached hydrogens (primary N) is 1. The van der Waals surface area contributed by atoms with Crippen LogP contribution >= 0.6 is 0 Å². The Hall–Kier alpha value is -1.02. The van der Waals surface area contributed by atoms with E-state index in [0.717, 1.165) is 23.5 Å². The van der Waals surface area contributed by atoms with Gasteiger partial charge in [-0.05, 0) is 33.3 Å². The maximum absolute atomic E-state index is 6.13. The zero-order valence-corrected chi connectivity index (χ0v) is 8.55. The van der Waals surface area contributed by atoms with Crippen LogP contribution in [0.1, 0.15) is 30.4 Å². The highest BCUT2D eigenvalue weighted by atomic mass is 16.3. The third kappa shape index (κ3) is 2.01. The highest BCUT2D eigenvalue weighted by Gasteiger charge is 2.23. The van der Waals surface area contributed by atoms with Gasteiger partial charge in [0.15, 0.2) is 0 Å². The third-order valence-corrected chi connectivity index (χ3v) is 2.22. The Bertz CT molecular complexity index is 310. The molecule has 0 spiro atoms. The quantitative estimate of drug-likeness (QED) is 0.724. The lowest BCUT2D eigenvalue weighted by Crippen LogP contribution is -2.32. The molecule has 0 fully saturated rings. The van der Waals surface area contributed by atoms with Gasteiger partial charge < -0.3 is 10.2 Å². The average molecular weight is 179 g/mol. The van der Waals surface area contributed by atoms with E-state index < -0.39 is 0 Å². The normalized spacial score (nSPS) is 15.4. The first-order valence-corrected chi connectivity index (χ1v) is 4.44. The molecule has 0 amide bonds. The summed E-state index contributed by atoms with van der Waals surface area (Å²) in [5.74, 6) is 1.82. The van der Waals surface area contributed by atoms with Crippen LogP contribution in [0.25, 0.3) is 0 Å². The number of hydrogen-bond acceptors (Lipinski definition) is 2. The summed E-state index contributed by atoms with van der Waals surface area (Å²) < 4.78 is 5.43. The van der Waals surface area contributed by atoms with Crippen LogP contribution in [0.15, 0.2) is 23.1 Å². The molecule has 0 aliphatic rings. The molecule has 13 heavy (non-hydrogen) atoms. The first kappa shape index (κ1) is 10.1. The van der Waals surface area contributed by atoms with Gasteiger partial charge in [0, 0.05) is 11.1 Å². The van der Waals surface area contributed by atoms with Crippen LogP contribution in [-0.4, -0.2) is 0 Å². The van der Waals surface area contributed by atoms with Crippen LogP contribution in [0.4, 0.5) is 0 Å². The molecule has 1 atom stereocenters. The van der Waals surface area contributed by atoms with Gasteiger partial charge in [-0.3, -0.25) is 0 Å². The van der Waals surface area contributed by atoms with Crippen LogP contribution in [-0.2, 0) is 5.54 Å². The van der Waals surface area contributed by atoms with Crippen LogP contribution in [0, 0.1) is 13.8 Å². The summed E-state index contributed by atoms with van der Waals surface area (Å²) in [5, 5.41) is 0. The van der Waals surface area contributed by atoms with E-state index >= 15 is 0 Å². The summed E-state index contributed by atoms with van der Waals surface area (Å²) in [4.78, 5) is 0. The number of furan rings is 1. The minimum atomic E-state index is -0.358. The molecular weight excluding hydrogens is 162 g/mol. The van der Waals surface area contributed by atoms with Gasteiger partial charge in [-0.2, -0.15) is 0 Å². The fourth-order valence-electron chi connectivity index (χ4n) is 1.61. The van der Waals surface area contributed by atoms with E-state index in [9.17, 15) is 0 Å². The molecule has 1 unspecified atom stereocenters. The van der Waals surface area contributed by atoms with Gasteiger partial charge in [0.2, 0.25) is 0 Å². The monoisotopic (exact) mass is 179 g/mol. The van der Waals surface area contributed by atoms with E-state index in [4.69, 9.17) is 10.2 Å². The highest BCUT2D eigenvalue weighted by molar-refractivity contribution is 5.28. The minimum Gasteiger partial charge on any atom is -0.466 e. The molecule has 1 rings (SSSR count). The topological polar surface area (TPSA) is 39.2 Å². The van der Waals surface area contributed by atoms with Crippen LogP contribution in [0.3, 0.4) is 0 Å². The summed E-state index contributed by atoms with van der Waals surface area (Å²) in [7, 11) is 0. The van der Waals surface area contributed by atoms with E-state index in [0.29, 0.717) is 0 Å². The van der Waals surface area contributed by atoms with Crippen molar-refractivity contribution in [2.75, 3.05) is 0 Å². The summed E-state index contributed by atoms with van der Waals surface area (Å²) in [5.41, 5.74) is 6.85. The first-order valence-electron chi connectivity index (χ1n) is 4.44. The van der Waals surface area contributed by atoms with Crippen molar-refractivity contribution in [1.29, 1.82) is 0 Å². The Morgan fingerprint density at radius 2 is 2.23 bits per heavy atom. The van der Waals surface area contributed by atoms with Gasteiger partial charge in [0.1, 0.15) is 11.5 Å². The second-order valence-corrected chi connectivity index (χ2v) is 3.74. The molecule has 0 aliphatic heterocycles. The van der Waals surface area contributed by atoms with Crippen molar-refractivity contribution in [1.82, 2.24) is 0 Å². The number of aryl methyl sites for hydroxylation is 2. The van der Waals surface area contributed by atoms with Gasteiger partial charge >= 0.3 is 0 Å². The largest absolute Gasteiger partial charge is 0.466 e. The van der Waals surface area contributed by atoms with E-state index in [1.165, 1.54) is 0 Å². The van der Waals surface area contributed by atoms with Gasteiger partial charge in [0.05, 0.1) is 0 Å².